The van der Waals surface area contributed by atoms with Crippen molar-refractivity contribution in [2.24, 2.45) is 50.2 Å². The van der Waals surface area contributed by atoms with Gasteiger partial charge in [0.25, 0.3) is 0 Å². The minimum absolute atomic E-state index is 0. The Bertz CT molecular complexity index is 4780. The van der Waals surface area contributed by atoms with Crippen LogP contribution in [0.3, 0.4) is 0 Å². The van der Waals surface area contributed by atoms with E-state index in [2.05, 4.69) is 304 Å². The second kappa shape index (κ2) is 36.6. The van der Waals surface area contributed by atoms with Crippen molar-refractivity contribution in [3.8, 4) is 0 Å². The van der Waals surface area contributed by atoms with E-state index in [9.17, 15) is 35.1 Å². The highest BCUT2D eigenvalue weighted by molar-refractivity contribution is 6.77. The van der Waals surface area contributed by atoms with Crippen LogP contribution in [0.25, 0.3) is 0 Å². The lowest BCUT2D eigenvalue weighted by atomic mass is 9.45. The smallest absolute Gasteiger partial charge is 0.426 e. The molecule has 5 N–H and O–H groups in total. The molecule has 0 aromatic rings. The summed E-state index contributed by atoms with van der Waals surface area (Å²) in [6.07, 6.45) is -11.1. The van der Waals surface area contributed by atoms with Crippen molar-refractivity contribution in [2.45, 2.75) is 547 Å². The van der Waals surface area contributed by atoms with E-state index in [1.54, 1.807) is 0 Å². The molecule has 14 aliphatic rings. The van der Waals surface area contributed by atoms with Crippen LogP contribution < -0.4 is 0 Å². The minimum atomic E-state index is -2.61. The fourth-order valence-electron chi connectivity index (χ4n) is 25.7. The Kier molecular flexibility index (Phi) is 31.0. The van der Waals surface area contributed by atoms with Crippen molar-refractivity contribution in [1.29, 1.82) is 0 Å². The molecular formula is C108H198O26Si9. The highest BCUT2D eigenvalue weighted by Gasteiger charge is 2.84. The van der Waals surface area contributed by atoms with Crippen LogP contribution >= 0.6 is 0 Å². The third-order valence-electron chi connectivity index (χ3n) is 40.8. The Morgan fingerprint density at radius 3 is 0.755 bits per heavy atom. The van der Waals surface area contributed by atoms with Crippen LogP contribution in [0, 0.1) is 50.2 Å². The Morgan fingerprint density at radius 1 is 0.315 bits per heavy atom. The minimum Gasteiger partial charge on any atom is -0.426 e. The largest absolute Gasteiger partial charge is 0.509 e. The summed E-state index contributed by atoms with van der Waals surface area (Å²) in [5.74, 6) is -3.26. The molecule has 822 valence electrons. The van der Waals surface area contributed by atoms with Gasteiger partial charge in [0.15, 0.2) is 116 Å². The van der Waals surface area contributed by atoms with Gasteiger partial charge in [-0.1, -0.05) is 174 Å². The van der Waals surface area contributed by atoms with Crippen LogP contribution in [-0.2, 0) is 87.4 Å². The first-order valence-corrected chi connectivity index (χ1v) is 80.8. The molecule has 27 atom stereocenters. The van der Waals surface area contributed by atoms with Gasteiger partial charge in [-0.2, -0.15) is 0 Å². The molecule has 5 saturated heterocycles. The van der Waals surface area contributed by atoms with Gasteiger partial charge in [0, 0.05) is 72.5 Å². The number of ketones is 3. The Morgan fingerprint density at radius 2 is 0.531 bits per heavy atom. The topological polar surface area (TPSA) is 334 Å². The zero-order chi connectivity index (χ0) is 109. The molecule has 14 rings (SSSR count). The van der Waals surface area contributed by atoms with Crippen molar-refractivity contribution in [3.63, 3.8) is 0 Å². The van der Waals surface area contributed by atoms with Gasteiger partial charge in [-0.25, -0.2) is 9.59 Å². The van der Waals surface area contributed by atoms with Gasteiger partial charge in [0.2, 0.25) is 0 Å². The average molecular weight is 2170 g/mol. The molecule has 9 aliphatic carbocycles. The Hall–Kier alpha value is -1.96. The summed E-state index contributed by atoms with van der Waals surface area (Å²) in [7, 11) is -21.7. The lowest BCUT2D eigenvalue weighted by molar-refractivity contribution is -0.343. The number of aliphatic hydroxyl groups excluding tert-OH is 1. The Balaban J connectivity index is 0.000000204. The van der Waals surface area contributed by atoms with E-state index in [4.69, 9.17) is 73.0 Å². The van der Waals surface area contributed by atoms with E-state index in [1.807, 2.05) is 41.5 Å². The summed E-state index contributed by atoms with van der Waals surface area (Å²) in [5.41, 5.74) is -10.4. The van der Waals surface area contributed by atoms with Crippen molar-refractivity contribution in [2.75, 3.05) is 19.8 Å². The quantitative estimate of drug-likeness (QED) is 0.0483. The van der Waals surface area contributed by atoms with E-state index < -0.39 is 263 Å². The molecule has 0 aromatic carbocycles. The molecular weight excluding hydrogens is 1970 g/mol. The first-order chi connectivity index (χ1) is 63.0. The first kappa shape index (κ1) is 121. The van der Waals surface area contributed by atoms with Crippen LogP contribution in [0.2, 0.25) is 168 Å². The fraction of sp³-hybridized carbons (Fsp3) is 0.898. The van der Waals surface area contributed by atoms with Crippen LogP contribution in [0.4, 0.5) is 9.59 Å². The summed E-state index contributed by atoms with van der Waals surface area (Å²) < 4.78 is 108. The maximum atomic E-state index is 16.0. The molecule has 5 heterocycles. The van der Waals surface area contributed by atoms with Gasteiger partial charge >= 0.3 is 12.3 Å². The number of hydrogen-bond donors (Lipinski definition) is 5. The van der Waals surface area contributed by atoms with E-state index in [0.29, 0.717) is 37.7 Å². The number of aliphatic hydroxyl groups is 5. The summed E-state index contributed by atoms with van der Waals surface area (Å²) in [4.78, 5) is 75.1. The molecule has 11 fully saturated rings. The van der Waals surface area contributed by atoms with Crippen LogP contribution in [0.5, 0.6) is 0 Å². The zero-order valence-corrected chi connectivity index (χ0v) is 107. The Labute approximate surface area is 871 Å². The highest BCUT2D eigenvalue weighted by Crippen LogP contribution is 2.73. The zero-order valence-electron chi connectivity index (χ0n) is 97.6. The van der Waals surface area contributed by atoms with Crippen molar-refractivity contribution < 1.29 is 122 Å². The van der Waals surface area contributed by atoms with Gasteiger partial charge in [0.1, 0.15) is 40.7 Å². The standard InChI is InChI=1S/2C36H64O9Si3.C35H66O8Si3.CH4/c2*1-21-22(43-46(11,12)13)19-36-29(41-30(38)42-36)27-34(10,23(18-24-35(27,39)20-40-24)44-47(14,15)31(2,3)4)28(37)26(25(21)33(36,8)9)45-48(16,17)32(5,6)7;1-21-22(41-44(11,12)13)19-35(39)29(37)27-33(10,23(18-24-34(27,38)20-40-24)42-45(14,15)30(2,3)4)28(36)26(25(21)32(35,8)9)43-46(16,17)31(5,6)7;/h2*22-24,26-27,29,39H,18-20H2,1-17H3;22-24,26-27,29,37-39H,18-20H2,1-17H3;1H4/t2*22-,23-,24+,26+,27-,29-,34+,35-,36+;22-,23-,24+,26+,27-,29-,33+,34-,35+;/m000./s1. The van der Waals surface area contributed by atoms with Gasteiger partial charge in [0.05, 0.1) is 97.1 Å². The van der Waals surface area contributed by atoms with E-state index in [1.165, 1.54) is 0 Å². The molecule has 5 aliphatic heterocycles. The molecule has 0 radical (unpaired) electrons. The molecule has 0 unspecified atom stereocenters. The summed E-state index contributed by atoms with van der Waals surface area (Å²) in [5, 5.41) is 62.7. The van der Waals surface area contributed by atoms with Crippen LogP contribution in [0.15, 0.2) is 33.4 Å². The van der Waals surface area contributed by atoms with E-state index in [-0.39, 0.29) is 81.2 Å². The number of Topliss-reactive ketones (excluding diaryl/α,β-unsaturated/α-hetero) is 3. The van der Waals surface area contributed by atoms with Gasteiger partial charge in [-0.3, -0.25) is 14.4 Å². The SMILES string of the molecule is C.CC1=C2[C@@H](O[Si](C)(C)C(C)(C)C)C(=O)[C@]3(C)[C@@H](O[Si](C)(C)C(C)(C)C)C[C@H]4OC[C@@]4(O)[C@H]3[C@@H]3OC(=O)O[C@@]3(C[C@@H]1O[Si](C)(C)C)C2(C)C.CC1=C2[C@@H](O[Si](C)(C)C(C)(C)C)C(=O)[C@]3(C)[C@@H](O[Si](C)(C)C(C)(C)C)C[C@H]4OC[C@@]4(O)[C@H]3[C@@H]3OC(=O)O[C@@]3(C[C@@H]1O[Si](C)(C)C)C2(C)C.CC1=C2[C@@H](O[Si](C)(C)C(C)(C)C)C(=O)[C@]3(C)[C@@H](O[Si](C)(C)C(C)(C)C)C[C@H]4OC[C@@]4(O)[C@H]3[C@H](O)[C@](O)(C[C@@H]1O[Si](C)(C)C)C2(C)C. The second-order valence-electron chi connectivity index (χ2n) is 60.2. The predicted molar refractivity (Wildman–Crippen MR) is 584 cm³/mol. The van der Waals surface area contributed by atoms with Gasteiger partial charge < -0.3 is 98.5 Å². The lowest BCUT2D eigenvalue weighted by Crippen LogP contribution is -2.81. The number of carbonyl (C=O) groups excluding carboxylic acids is 5. The third kappa shape index (κ3) is 19.2. The van der Waals surface area contributed by atoms with Gasteiger partial charge in [-0.05, 0) is 243 Å². The monoisotopic (exact) mass is 2160 g/mol. The van der Waals surface area contributed by atoms with E-state index >= 15 is 14.4 Å². The van der Waals surface area contributed by atoms with E-state index in [0.717, 1.165) is 27.9 Å². The lowest BCUT2D eigenvalue weighted by Gasteiger charge is -2.68. The molecule has 0 aromatic heterocycles. The highest BCUT2D eigenvalue weighted by atomic mass is 28.4. The molecule has 6 bridgehead atoms. The number of ether oxygens (including phenoxy) is 7. The summed E-state index contributed by atoms with van der Waals surface area (Å²) >= 11 is 0. The third-order valence-corrected chi connectivity index (χ3v) is 70.5. The number of carbonyl (C=O) groups is 5. The number of hydrogen-bond acceptors (Lipinski definition) is 26. The van der Waals surface area contributed by atoms with Crippen molar-refractivity contribution in [3.05, 3.63) is 33.4 Å². The molecule has 6 saturated carbocycles. The summed E-state index contributed by atoms with van der Waals surface area (Å²) in [6, 6.07) is 0. The molecule has 35 heteroatoms. The number of rotatable bonds is 18. The average Bonchev–Trinajstić information content (AvgIpc) is 1.65. The van der Waals surface area contributed by atoms with Crippen LogP contribution in [-0.4, -0.2) is 275 Å². The maximum absolute atomic E-state index is 16.0. The number of fused-ring (bicyclic) bond motifs is 15. The van der Waals surface area contributed by atoms with Crippen molar-refractivity contribution >= 4 is 105 Å². The first-order valence-electron chi connectivity index (χ1n) is 53.1. The fourth-order valence-corrected chi connectivity index (χ4v) is 36.7. The molecule has 0 amide bonds. The molecule has 143 heavy (non-hydrogen) atoms. The van der Waals surface area contributed by atoms with Gasteiger partial charge in [-0.15, -0.1) is 0 Å². The van der Waals surface area contributed by atoms with Crippen LogP contribution in [0.1, 0.15) is 254 Å². The molecule has 2 spiro atoms. The molecule has 26 nitrogen and oxygen atoms in total. The predicted octanol–water partition coefficient (Wildman–Crippen LogP) is 22.7. The normalized spacial score (nSPS) is 40.0. The van der Waals surface area contributed by atoms with Crippen molar-refractivity contribution in [1.82, 2.24) is 0 Å². The second-order valence-corrected chi connectivity index (χ2v) is 102. The maximum Gasteiger partial charge on any atom is 0.509 e. The summed E-state index contributed by atoms with van der Waals surface area (Å²) in [6.45, 7) is 108.